The van der Waals surface area contributed by atoms with Crippen LogP contribution in [0, 0.1) is 0 Å². The molecule has 4 aromatic carbocycles. The first-order valence-corrected chi connectivity index (χ1v) is 16.6. The molecule has 4 rings (SSSR count). The second kappa shape index (κ2) is 20.6. The number of phenolic OH excluding ortho intramolecular Hbond substituents is 2. The average Bonchev–Trinajstić information content (AvgIpc) is 3.19. The molecule has 0 radical (unpaired) electrons. The minimum Gasteiger partial charge on any atom is -0.504 e. The van der Waals surface area contributed by atoms with Crippen molar-refractivity contribution in [3.05, 3.63) is 82.9 Å². The van der Waals surface area contributed by atoms with Gasteiger partial charge in [0.15, 0.2) is 23.0 Å². The Morgan fingerprint density at radius 3 is 0.904 bits per heavy atom. The van der Waals surface area contributed by atoms with Gasteiger partial charge in [0.1, 0.15) is 0 Å². The van der Waals surface area contributed by atoms with Crippen LogP contribution in [0.2, 0.25) is 0 Å². The van der Waals surface area contributed by atoms with Crippen LogP contribution in [-0.2, 0) is 22.3 Å². The van der Waals surface area contributed by atoms with E-state index in [2.05, 4.69) is 24.3 Å². The zero-order valence-corrected chi connectivity index (χ0v) is 31.7. The molecular weight excluding hydrogens is 672 g/mol. The van der Waals surface area contributed by atoms with Gasteiger partial charge in [-0.15, -0.1) is 0 Å². The standard InChI is InChI=1S/2C20H26O6/c2*1-22-14(12-11-13-9-7-6-8-10-13)15-16(21)18(24-3)20(26-5)19(25-4)17(15)23-2/h2*6-10,14,21H,11-12H2,1-5H3. The molecule has 4 aromatic rings. The zero-order valence-electron chi connectivity index (χ0n) is 31.7. The van der Waals surface area contributed by atoms with Crippen molar-refractivity contribution in [1.82, 2.24) is 0 Å². The van der Waals surface area contributed by atoms with E-state index < -0.39 is 12.2 Å². The summed E-state index contributed by atoms with van der Waals surface area (Å²) in [6.07, 6.45) is 2.00. The lowest BCUT2D eigenvalue weighted by atomic mass is 9.98. The van der Waals surface area contributed by atoms with Crippen molar-refractivity contribution < 1.29 is 57.6 Å². The molecule has 284 valence electrons. The van der Waals surface area contributed by atoms with Crippen LogP contribution in [0.15, 0.2) is 60.7 Å². The second-order valence-corrected chi connectivity index (χ2v) is 11.3. The third-order valence-corrected chi connectivity index (χ3v) is 8.59. The number of aromatic hydroxyl groups is 2. The highest BCUT2D eigenvalue weighted by molar-refractivity contribution is 5.71. The van der Waals surface area contributed by atoms with Crippen LogP contribution in [0.4, 0.5) is 0 Å². The van der Waals surface area contributed by atoms with Crippen LogP contribution in [0.5, 0.6) is 57.5 Å². The highest BCUT2D eigenvalue weighted by Gasteiger charge is 2.33. The summed E-state index contributed by atoms with van der Waals surface area (Å²) in [6.45, 7) is 0. The van der Waals surface area contributed by atoms with E-state index in [9.17, 15) is 10.2 Å². The number of ether oxygens (including phenoxy) is 10. The summed E-state index contributed by atoms with van der Waals surface area (Å²) in [5.41, 5.74) is 3.31. The Kier molecular flexibility index (Phi) is 16.3. The molecule has 0 saturated heterocycles. The van der Waals surface area contributed by atoms with Gasteiger partial charge in [0.05, 0.1) is 80.2 Å². The normalized spacial score (nSPS) is 11.7. The maximum Gasteiger partial charge on any atom is 0.211 e. The number of benzene rings is 4. The zero-order chi connectivity index (χ0) is 38.2. The minimum atomic E-state index is -0.418. The molecule has 2 atom stereocenters. The molecule has 0 spiro atoms. The van der Waals surface area contributed by atoms with Crippen molar-refractivity contribution in [3.8, 4) is 57.5 Å². The Labute approximate surface area is 306 Å². The predicted octanol–water partition coefficient (Wildman–Crippen LogP) is 7.49. The van der Waals surface area contributed by atoms with E-state index in [0.29, 0.717) is 47.0 Å². The Morgan fingerprint density at radius 2 is 0.654 bits per heavy atom. The molecule has 0 aliphatic carbocycles. The fraction of sp³-hybridized carbons (Fsp3) is 0.400. The van der Waals surface area contributed by atoms with Crippen LogP contribution >= 0.6 is 0 Å². The SMILES string of the molecule is COc1c(O)c(C(CCc2ccccc2)OC)c(OC)c(OC)c1OC.COc1c(O)c(C(CCc2ccccc2)OC)c(OC)c(OC)c1OC. The molecule has 0 heterocycles. The molecule has 2 N–H and O–H groups in total. The third-order valence-electron chi connectivity index (χ3n) is 8.59. The second-order valence-electron chi connectivity index (χ2n) is 11.3. The number of hydrogen-bond acceptors (Lipinski definition) is 12. The Morgan fingerprint density at radius 1 is 0.385 bits per heavy atom. The van der Waals surface area contributed by atoms with E-state index in [1.807, 2.05) is 36.4 Å². The molecule has 0 amide bonds. The minimum absolute atomic E-state index is 0.0816. The summed E-state index contributed by atoms with van der Waals surface area (Å²) in [7, 11) is 15.1. The fourth-order valence-corrected chi connectivity index (χ4v) is 6.10. The first kappa shape index (κ1) is 41.2. The van der Waals surface area contributed by atoms with Gasteiger partial charge >= 0.3 is 0 Å². The number of rotatable bonds is 18. The first-order chi connectivity index (χ1) is 25.2. The van der Waals surface area contributed by atoms with Gasteiger partial charge in [-0.3, -0.25) is 0 Å². The molecule has 0 bridgehead atoms. The molecule has 0 fully saturated rings. The summed E-state index contributed by atoms with van der Waals surface area (Å²) in [4.78, 5) is 0. The van der Waals surface area contributed by atoms with Gasteiger partial charge < -0.3 is 57.6 Å². The van der Waals surface area contributed by atoms with Gasteiger partial charge in [0.25, 0.3) is 0 Å². The fourth-order valence-electron chi connectivity index (χ4n) is 6.10. The van der Waals surface area contributed by atoms with Crippen molar-refractivity contribution in [1.29, 1.82) is 0 Å². The molecule has 12 heteroatoms. The molecule has 2 unspecified atom stereocenters. The number of phenols is 2. The van der Waals surface area contributed by atoms with E-state index in [-0.39, 0.29) is 34.5 Å². The van der Waals surface area contributed by atoms with E-state index in [1.165, 1.54) is 68.0 Å². The van der Waals surface area contributed by atoms with Crippen molar-refractivity contribution in [2.75, 3.05) is 71.1 Å². The Hall–Kier alpha value is -5.20. The van der Waals surface area contributed by atoms with E-state index in [4.69, 9.17) is 47.4 Å². The van der Waals surface area contributed by atoms with Crippen molar-refractivity contribution in [2.45, 2.75) is 37.9 Å². The van der Waals surface area contributed by atoms with Gasteiger partial charge in [-0.25, -0.2) is 0 Å². The first-order valence-electron chi connectivity index (χ1n) is 16.6. The molecule has 12 nitrogen and oxygen atoms in total. The maximum absolute atomic E-state index is 10.8. The average molecular weight is 725 g/mol. The van der Waals surface area contributed by atoms with Crippen LogP contribution in [-0.4, -0.2) is 81.3 Å². The number of methoxy groups -OCH3 is 10. The van der Waals surface area contributed by atoms with Gasteiger partial charge in [-0.2, -0.15) is 0 Å². The monoisotopic (exact) mass is 724 g/mol. The van der Waals surface area contributed by atoms with E-state index in [0.717, 1.165) is 12.8 Å². The Balaban J connectivity index is 0.000000280. The van der Waals surface area contributed by atoms with Crippen molar-refractivity contribution in [3.63, 3.8) is 0 Å². The Bertz CT molecular complexity index is 1550. The largest absolute Gasteiger partial charge is 0.504 e. The van der Waals surface area contributed by atoms with Crippen LogP contribution in [0.3, 0.4) is 0 Å². The highest BCUT2D eigenvalue weighted by atomic mass is 16.6. The lowest BCUT2D eigenvalue weighted by Crippen LogP contribution is -2.09. The van der Waals surface area contributed by atoms with Crippen LogP contribution in [0.1, 0.15) is 47.3 Å². The van der Waals surface area contributed by atoms with Gasteiger partial charge in [-0.1, -0.05) is 60.7 Å². The highest BCUT2D eigenvalue weighted by Crippen LogP contribution is 2.57. The summed E-state index contributed by atoms with van der Waals surface area (Å²) in [5, 5.41) is 21.6. The van der Waals surface area contributed by atoms with Crippen molar-refractivity contribution >= 4 is 0 Å². The lowest BCUT2D eigenvalue weighted by Gasteiger charge is -2.24. The molecule has 0 aliphatic heterocycles. The summed E-state index contributed by atoms with van der Waals surface area (Å²) < 4.78 is 54.7. The van der Waals surface area contributed by atoms with Gasteiger partial charge in [0, 0.05) is 14.2 Å². The topological polar surface area (TPSA) is 133 Å². The molecular formula is C40H52O12. The third kappa shape index (κ3) is 9.17. The molecule has 0 saturated carbocycles. The number of hydrogen-bond donors (Lipinski definition) is 2. The number of aryl methyl sites for hydroxylation is 2. The smallest absolute Gasteiger partial charge is 0.211 e. The van der Waals surface area contributed by atoms with Crippen LogP contribution in [0.25, 0.3) is 0 Å². The van der Waals surface area contributed by atoms with E-state index in [1.54, 1.807) is 14.2 Å². The van der Waals surface area contributed by atoms with Gasteiger partial charge in [0.2, 0.25) is 34.5 Å². The van der Waals surface area contributed by atoms with E-state index >= 15 is 0 Å². The predicted molar refractivity (Wildman–Crippen MR) is 198 cm³/mol. The molecule has 0 aromatic heterocycles. The van der Waals surface area contributed by atoms with Crippen molar-refractivity contribution in [2.24, 2.45) is 0 Å². The van der Waals surface area contributed by atoms with Gasteiger partial charge in [-0.05, 0) is 36.8 Å². The maximum atomic E-state index is 10.8. The molecule has 0 aliphatic rings. The summed E-state index contributed by atoms with van der Waals surface area (Å²) in [5.74, 6) is 2.16. The molecule has 52 heavy (non-hydrogen) atoms. The van der Waals surface area contributed by atoms with Crippen LogP contribution < -0.4 is 37.9 Å². The quantitative estimate of drug-likeness (QED) is 0.105. The summed E-state index contributed by atoms with van der Waals surface area (Å²) in [6, 6.07) is 20.2. The summed E-state index contributed by atoms with van der Waals surface area (Å²) >= 11 is 0. The lowest BCUT2D eigenvalue weighted by molar-refractivity contribution is 0.0899.